The first-order valence-electron chi connectivity index (χ1n) is 8.07. The average Bonchev–Trinajstić information content (AvgIpc) is 2.67. The molecule has 3 rings (SSSR count). The summed E-state index contributed by atoms with van der Waals surface area (Å²) >= 11 is 0. The largest absolute Gasteiger partial charge is 0.370 e. The number of hydrogen-bond donors (Lipinski definition) is 1. The van der Waals surface area contributed by atoms with Crippen molar-refractivity contribution in [3.8, 4) is 6.07 Å². The van der Waals surface area contributed by atoms with Crippen LogP contribution in [0.15, 0.2) is 79.0 Å². The molecule has 3 nitrogen and oxygen atoms in total. The highest BCUT2D eigenvalue weighted by Gasteiger charge is 2.13. The molecule has 0 aliphatic heterocycles. The molecular formula is C21H19N3. The van der Waals surface area contributed by atoms with Crippen LogP contribution >= 0.6 is 0 Å². The van der Waals surface area contributed by atoms with E-state index < -0.39 is 0 Å². The van der Waals surface area contributed by atoms with Crippen LogP contribution in [0.25, 0.3) is 0 Å². The minimum Gasteiger partial charge on any atom is -0.370 e. The predicted octanol–water partition coefficient (Wildman–Crippen LogP) is 4.59. The summed E-state index contributed by atoms with van der Waals surface area (Å²) in [4.78, 5) is 4.26. The van der Waals surface area contributed by atoms with Crippen LogP contribution in [0.2, 0.25) is 0 Å². The molecule has 0 atom stereocenters. The maximum atomic E-state index is 8.82. The van der Waals surface area contributed by atoms with Crippen LogP contribution in [-0.4, -0.2) is 11.5 Å². The number of nitrogens with one attached hydrogen (secondary N) is 1. The van der Waals surface area contributed by atoms with E-state index in [2.05, 4.69) is 64.9 Å². The van der Waals surface area contributed by atoms with Gasteiger partial charge in [0, 0.05) is 18.7 Å². The number of pyridine rings is 1. The topological polar surface area (TPSA) is 48.7 Å². The second-order valence-electron chi connectivity index (χ2n) is 5.63. The van der Waals surface area contributed by atoms with Crippen molar-refractivity contribution in [1.29, 1.82) is 5.26 Å². The van der Waals surface area contributed by atoms with Gasteiger partial charge in [0.25, 0.3) is 0 Å². The number of nitrogens with zero attached hydrogens (tertiary/aromatic N) is 2. The van der Waals surface area contributed by atoms with E-state index in [1.54, 1.807) is 12.3 Å². The average molecular weight is 313 g/mol. The Balaban J connectivity index is 1.69. The first-order chi connectivity index (χ1) is 11.9. The lowest BCUT2D eigenvalue weighted by atomic mass is 9.88. The van der Waals surface area contributed by atoms with Crippen LogP contribution in [0.1, 0.15) is 29.0 Å². The third-order valence-corrected chi connectivity index (χ3v) is 4.04. The third-order valence-electron chi connectivity index (χ3n) is 4.04. The standard InChI is InChI=1S/C21H19N3/c22-15-17-11-12-21(24-16-17)23-14-13-20(18-7-3-1-4-8-18)19-9-5-2-6-10-19/h1-12,16,20H,13-14H2,(H,23,24). The highest BCUT2D eigenvalue weighted by molar-refractivity contribution is 5.39. The van der Waals surface area contributed by atoms with E-state index in [4.69, 9.17) is 5.26 Å². The van der Waals surface area contributed by atoms with Crippen LogP contribution in [-0.2, 0) is 0 Å². The van der Waals surface area contributed by atoms with Gasteiger partial charge in [-0.05, 0) is 29.7 Å². The van der Waals surface area contributed by atoms with Gasteiger partial charge in [0.2, 0.25) is 0 Å². The van der Waals surface area contributed by atoms with E-state index in [0.717, 1.165) is 18.8 Å². The Hall–Kier alpha value is -3.12. The van der Waals surface area contributed by atoms with Crippen molar-refractivity contribution in [1.82, 2.24) is 4.98 Å². The molecule has 0 saturated heterocycles. The third kappa shape index (κ3) is 3.99. The molecule has 2 aromatic carbocycles. The molecule has 1 aromatic heterocycles. The lowest BCUT2D eigenvalue weighted by Crippen LogP contribution is -2.10. The van der Waals surface area contributed by atoms with Gasteiger partial charge in [0.05, 0.1) is 5.56 Å². The molecular weight excluding hydrogens is 294 g/mol. The normalized spacial score (nSPS) is 10.3. The molecule has 0 bridgehead atoms. The van der Waals surface area contributed by atoms with Crippen molar-refractivity contribution >= 4 is 5.82 Å². The van der Waals surface area contributed by atoms with Crippen molar-refractivity contribution in [2.75, 3.05) is 11.9 Å². The van der Waals surface area contributed by atoms with Gasteiger partial charge in [0.1, 0.15) is 11.9 Å². The first kappa shape index (κ1) is 15.8. The van der Waals surface area contributed by atoms with E-state index in [0.29, 0.717) is 11.5 Å². The highest BCUT2D eigenvalue weighted by Crippen LogP contribution is 2.27. The van der Waals surface area contributed by atoms with E-state index in [1.165, 1.54) is 11.1 Å². The molecule has 0 aliphatic rings. The zero-order valence-electron chi connectivity index (χ0n) is 13.4. The van der Waals surface area contributed by atoms with Gasteiger partial charge in [-0.3, -0.25) is 0 Å². The lowest BCUT2D eigenvalue weighted by molar-refractivity contribution is 0.743. The fourth-order valence-corrected chi connectivity index (χ4v) is 2.81. The van der Waals surface area contributed by atoms with Gasteiger partial charge >= 0.3 is 0 Å². The molecule has 1 heterocycles. The SMILES string of the molecule is N#Cc1ccc(NCCC(c2ccccc2)c2ccccc2)nc1. The number of rotatable bonds is 6. The van der Waals surface area contributed by atoms with Crippen LogP contribution in [0.5, 0.6) is 0 Å². The molecule has 0 unspecified atom stereocenters. The van der Waals surface area contributed by atoms with E-state index in [9.17, 15) is 0 Å². The zero-order valence-corrected chi connectivity index (χ0v) is 13.4. The molecule has 0 aliphatic carbocycles. The van der Waals surface area contributed by atoms with Gasteiger partial charge < -0.3 is 5.32 Å². The number of aromatic nitrogens is 1. The molecule has 118 valence electrons. The van der Waals surface area contributed by atoms with Gasteiger partial charge in [-0.25, -0.2) is 4.98 Å². The molecule has 0 radical (unpaired) electrons. The maximum Gasteiger partial charge on any atom is 0.125 e. The Morgan fingerprint density at radius 2 is 1.50 bits per heavy atom. The molecule has 0 amide bonds. The Morgan fingerprint density at radius 3 is 2.00 bits per heavy atom. The fourth-order valence-electron chi connectivity index (χ4n) is 2.81. The summed E-state index contributed by atoms with van der Waals surface area (Å²) in [6, 6.07) is 26.8. The molecule has 1 N–H and O–H groups in total. The number of anilines is 1. The Morgan fingerprint density at radius 1 is 0.875 bits per heavy atom. The number of hydrogen-bond acceptors (Lipinski definition) is 3. The summed E-state index contributed by atoms with van der Waals surface area (Å²) in [5.41, 5.74) is 3.21. The zero-order chi connectivity index (χ0) is 16.6. The fraction of sp³-hybridized carbons (Fsp3) is 0.143. The second-order valence-corrected chi connectivity index (χ2v) is 5.63. The smallest absolute Gasteiger partial charge is 0.125 e. The lowest BCUT2D eigenvalue weighted by Gasteiger charge is -2.18. The molecule has 0 saturated carbocycles. The first-order valence-corrected chi connectivity index (χ1v) is 8.07. The van der Waals surface area contributed by atoms with Crippen LogP contribution in [0.4, 0.5) is 5.82 Å². The number of benzene rings is 2. The van der Waals surface area contributed by atoms with Gasteiger partial charge in [-0.1, -0.05) is 60.7 Å². The highest BCUT2D eigenvalue weighted by atomic mass is 15.0. The van der Waals surface area contributed by atoms with Crippen LogP contribution in [0.3, 0.4) is 0 Å². The van der Waals surface area contributed by atoms with Crippen molar-refractivity contribution in [2.45, 2.75) is 12.3 Å². The van der Waals surface area contributed by atoms with Crippen molar-refractivity contribution in [2.24, 2.45) is 0 Å². The van der Waals surface area contributed by atoms with Crippen molar-refractivity contribution in [3.05, 3.63) is 95.7 Å². The monoisotopic (exact) mass is 313 g/mol. The van der Waals surface area contributed by atoms with Crippen LogP contribution < -0.4 is 5.32 Å². The van der Waals surface area contributed by atoms with Crippen molar-refractivity contribution in [3.63, 3.8) is 0 Å². The predicted molar refractivity (Wildman–Crippen MR) is 96.8 cm³/mol. The number of nitriles is 1. The molecule has 0 fully saturated rings. The maximum absolute atomic E-state index is 8.82. The van der Waals surface area contributed by atoms with Gasteiger partial charge in [-0.2, -0.15) is 5.26 Å². The summed E-state index contributed by atoms with van der Waals surface area (Å²) in [5, 5.41) is 12.2. The molecule has 0 spiro atoms. The van der Waals surface area contributed by atoms with Gasteiger partial charge in [0.15, 0.2) is 0 Å². The Bertz CT molecular complexity index is 750. The van der Waals surface area contributed by atoms with E-state index in [1.807, 2.05) is 18.2 Å². The quantitative estimate of drug-likeness (QED) is 0.724. The summed E-state index contributed by atoms with van der Waals surface area (Å²) in [6.07, 6.45) is 2.56. The molecule has 3 heteroatoms. The minimum atomic E-state index is 0.346. The summed E-state index contributed by atoms with van der Waals surface area (Å²) < 4.78 is 0. The summed E-state index contributed by atoms with van der Waals surface area (Å²) in [7, 11) is 0. The summed E-state index contributed by atoms with van der Waals surface area (Å²) in [5.74, 6) is 1.15. The van der Waals surface area contributed by atoms with Crippen molar-refractivity contribution < 1.29 is 0 Å². The van der Waals surface area contributed by atoms with Gasteiger partial charge in [-0.15, -0.1) is 0 Å². The molecule has 3 aromatic rings. The van der Waals surface area contributed by atoms with Crippen LogP contribution in [0, 0.1) is 11.3 Å². The summed E-state index contributed by atoms with van der Waals surface area (Å²) in [6.45, 7) is 0.813. The van der Waals surface area contributed by atoms with E-state index >= 15 is 0 Å². The Labute approximate surface area is 142 Å². The Kier molecular flexibility index (Phi) is 5.21. The second kappa shape index (κ2) is 7.94. The molecule has 24 heavy (non-hydrogen) atoms. The minimum absolute atomic E-state index is 0.346. The van der Waals surface area contributed by atoms with E-state index in [-0.39, 0.29) is 0 Å².